The molecule has 1 rings (SSSR count). The maximum absolute atomic E-state index is 11.5. The van der Waals surface area contributed by atoms with Crippen LogP contribution in [0.3, 0.4) is 0 Å². The topological polar surface area (TPSA) is 64.3 Å². The summed E-state index contributed by atoms with van der Waals surface area (Å²) in [7, 11) is 0. The lowest BCUT2D eigenvalue weighted by atomic mass is 10.2. The van der Waals surface area contributed by atoms with Crippen molar-refractivity contribution in [1.82, 2.24) is 5.32 Å². The van der Waals surface area contributed by atoms with Gasteiger partial charge in [-0.3, -0.25) is 4.79 Å². The molecular formula is C13H18N2O2S. The standard InChI is InChI=1S/C13H18N2O2S/c1-10(2)17-9-13(16)15-8-12-11(4-3-6-14)5-7-18-12/h5,7,10H,6,8-9,14H2,1-2H3,(H,15,16). The molecule has 0 saturated heterocycles. The van der Waals surface area contributed by atoms with Crippen molar-refractivity contribution in [3.05, 3.63) is 21.9 Å². The van der Waals surface area contributed by atoms with E-state index in [1.807, 2.05) is 25.3 Å². The first-order valence-corrected chi connectivity index (χ1v) is 6.65. The maximum atomic E-state index is 11.5. The lowest BCUT2D eigenvalue weighted by Gasteiger charge is -2.07. The van der Waals surface area contributed by atoms with Gasteiger partial charge in [0.25, 0.3) is 0 Å². The lowest BCUT2D eigenvalue weighted by molar-refractivity contribution is -0.127. The molecule has 0 aliphatic heterocycles. The highest BCUT2D eigenvalue weighted by molar-refractivity contribution is 7.10. The van der Waals surface area contributed by atoms with Crippen molar-refractivity contribution in [2.75, 3.05) is 13.2 Å². The van der Waals surface area contributed by atoms with Gasteiger partial charge in [0.1, 0.15) is 6.61 Å². The number of carbonyl (C=O) groups is 1. The average molecular weight is 266 g/mol. The molecule has 5 heteroatoms. The first-order valence-electron chi connectivity index (χ1n) is 5.77. The number of nitrogens with one attached hydrogen (secondary N) is 1. The van der Waals surface area contributed by atoms with Crippen molar-refractivity contribution >= 4 is 17.2 Å². The van der Waals surface area contributed by atoms with Crippen LogP contribution in [-0.4, -0.2) is 25.2 Å². The molecule has 0 saturated carbocycles. The summed E-state index contributed by atoms with van der Waals surface area (Å²) in [6, 6.07) is 1.93. The average Bonchev–Trinajstić information content (AvgIpc) is 2.78. The molecule has 1 amide bonds. The minimum Gasteiger partial charge on any atom is -0.369 e. The van der Waals surface area contributed by atoms with Gasteiger partial charge in [-0.15, -0.1) is 11.3 Å². The van der Waals surface area contributed by atoms with Gasteiger partial charge in [0.05, 0.1) is 19.2 Å². The summed E-state index contributed by atoms with van der Waals surface area (Å²) in [4.78, 5) is 12.5. The van der Waals surface area contributed by atoms with E-state index >= 15 is 0 Å². The van der Waals surface area contributed by atoms with Crippen LogP contribution in [0, 0.1) is 11.8 Å². The van der Waals surface area contributed by atoms with Gasteiger partial charge >= 0.3 is 0 Å². The number of rotatable bonds is 5. The summed E-state index contributed by atoms with van der Waals surface area (Å²) >= 11 is 1.57. The quantitative estimate of drug-likeness (QED) is 0.784. The molecule has 1 aromatic heterocycles. The van der Waals surface area contributed by atoms with E-state index < -0.39 is 0 Å². The van der Waals surface area contributed by atoms with Crippen LogP contribution in [0.2, 0.25) is 0 Å². The van der Waals surface area contributed by atoms with E-state index in [0.717, 1.165) is 10.4 Å². The molecule has 3 N–H and O–H groups in total. The number of amides is 1. The first kappa shape index (κ1) is 14.7. The fraction of sp³-hybridized carbons (Fsp3) is 0.462. The normalized spacial score (nSPS) is 10.0. The van der Waals surface area contributed by atoms with E-state index in [2.05, 4.69) is 17.2 Å². The Balaban J connectivity index is 2.43. The van der Waals surface area contributed by atoms with Gasteiger partial charge in [-0.2, -0.15) is 0 Å². The molecule has 0 radical (unpaired) electrons. The van der Waals surface area contributed by atoms with Crippen LogP contribution in [0.1, 0.15) is 24.3 Å². The molecule has 4 nitrogen and oxygen atoms in total. The smallest absolute Gasteiger partial charge is 0.246 e. The zero-order chi connectivity index (χ0) is 13.4. The number of carbonyl (C=O) groups excluding carboxylic acids is 1. The second-order valence-corrected chi connectivity index (χ2v) is 4.90. The molecule has 18 heavy (non-hydrogen) atoms. The number of ether oxygens (including phenoxy) is 1. The Morgan fingerprint density at radius 3 is 3.06 bits per heavy atom. The van der Waals surface area contributed by atoms with E-state index in [9.17, 15) is 4.79 Å². The predicted octanol–water partition coefficient (Wildman–Crippen LogP) is 1.10. The predicted molar refractivity (Wildman–Crippen MR) is 73.2 cm³/mol. The van der Waals surface area contributed by atoms with Crippen molar-refractivity contribution in [2.45, 2.75) is 26.5 Å². The second kappa shape index (κ2) is 7.88. The molecule has 0 aliphatic carbocycles. The molecule has 0 aliphatic rings. The maximum Gasteiger partial charge on any atom is 0.246 e. The van der Waals surface area contributed by atoms with Crippen molar-refractivity contribution < 1.29 is 9.53 Å². The monoisotopic (exact) mass is 266 g/mol. The van der Waals surface area contributed by atoms with E-state index in [0.29, 0.717) is 13.1 Å². The molecule has 98 valence electrons. The Morgan fingerprint density at radius 1 is 1.61 bits per heavy atom. The summed E-state index contributed by atoms with van der Waals surface area (Å²) in [6.45, 7) is 4.70. The van der Waals surface area contributed by atoms with Crippen LogP contribution in [0.15, 0.2) is 11.4 Å². The highest BCUT2D eigenvalue weighted by Gasteiger charge is 2.06. The Hall–Kier alpha value is -1.35. The molecule has 1 heterocycles. The molecule has 0 unspecified atom stereocenters. The number of hydrogen-bond acceptors (Lipinski definition) is 4. The fourth-order valence-corrected chi connectivity index (χ4v) is 1.98. The van der Waals surface area contributed by atoms with Crippen LogP contribution in [0.25, 0.3) is 0 Å². The largest absolute Gasteiger partial charge is 0.369 e. The van der Waals surface area contributed by atoms with Crippen LogP contribution in [0.4, 0.5) is 0 Å². The Bertz CT molecular complexity index is 443. The third-order valence-electron chi connectivity index (χ3n) is 2.06. The van der Waals surface area contributed by atoms with Gasteiger partial charge in [0.2, 0.25) is 5.91 Å². The highest BCUT2D eigenvalue weighted by Crippen LogP contribution is 2.15. The zero-order valence-electron chi connectivity index (χ0n) is 10.7. The number of nitrogens with two attached hydrogens (primary N) is 1. The lowest BCUT2D eigenvalue weighted by Crippen LogP contribution is -2.28. The third-order valence-corrected chi connectivity index (χ3v) is 2.99. The van der Waals surface area contributed by atoms with Crippen LogP contribution < -0.4 is 11.1 Å². The molecule has 0 aromatic carbocycles. The zero-order valence-corrected chi connectivity index (χ0v) is 11.5. The Kier molecular flexibility index (Phi) is 6.44. The summed E-state index contributed by atoms with van der Waals surface area (Å²) in [5, 5.41) is 4.76. The number of hydrogen-bond donors (Lipinski definition) is 2. The summed E-state index contributed by atoms with van der Waals surface area (Å²) in [6.07, 6.45) is 0.0588. The van der Waals surface area contributed by atoms with Gasteiger partial charge in [0, 0.05) is 10.4 Å². The summed E-state index contributed by atoms with van der Waals surface area (Å²) < 4.78 is 5.22. The summed E-state index contributed by atoms with van der Waals surface area (Å²) in [5.74, 6) is 5.67. The summed E-state index contributed by atoms with van der Waals surface area (Å²) in [5.41, 5.74) is 6.26. The van der Waals surface area contributed by atoms with Crippen molar-refractivity contribution in [1.29, 1.82) is 0 Å². The van der Waals surface area contributed by atoms with Gasteiger partial charge in [0.15, 0.2) is 0 Å². The second-order valence-electron chi connectivity index (χ2n) is 3.90. The van der Waals surface area contributed by atoms with Crippen molar-refractivity contribution in [3.63, 3.8) is 0 Å². The highest BCUT2D eigenvalue weighted by atomic mass is 32.1. The van der Waals surface area contributed by atoms with E-state index in [1.54, 1.807) is 11.3 Å². The van der Waals surface area contributed by atoms with E-state index in [1.165, 1.54) is 0 Å². The molecular weight excluding hydrogens is 248 g/mol. The van der Waals surface area contributed by atoms with Crippen molar-refractivity contribution in [3.8, 4) is 11.8 Å². The molecule has 0 bridgehead atoms. The first-order chi connectivity index (χ1) is 8.63. The van der Waals surface area contributed by atoms with Crippen molar-refractivity contribution in [2.24, 2.45) is 5.73 Å². The Morgan fingerprint density at radius 2 is 2.39 bits per heavy atom. The Labute approximate surface area is 112 Å². The van der Waals surface area contributed by atoms with E-state index in [4.69, 9.17) is 10.5 Å². The minimum absolute atomic E-state index is 0.0588. The molecule has 1 aromatic rings. The molecule has 0 atom stereocenters. The van der Waals surface area contributed by atoms with Gasteiger partial charge in [-0.05, 0) is 25.3 Å². The number of thiophene rings is 1. The van der Waals surface area contributed by atoms with Crippen LogP contribution in [0.5, 0.6) is 0 Å². The van der Waals surface area contributed by atoms with E-state index in [-0.39, 0.29) is 18.6 Å². The van der Waals surface area contributed by atoms with Crippen LogP contribution in [-0.2, 0) is 16.1 Å². The van der Waals surface area contributed by atoms with Gasteiger partial charge in [-0.25, -0.2) is 0 Å². The van der Waals surface area contributed by atoms with Gasteiger partial charge < -0.3 is 15.8 Å². The molecule has 0 spiro atoms. The third kappa shape index (κ3) is 5.32. The fourth-order valence-electron chi connectivity index (χ4n) is 1.21. The molecule has 0 fully saturated rings. The SMILES string of the molecule is CC(C)OCC(=O)NCc1sccc1C#CCN. The van der Waals surface area contributed by atoms with Crippen LogP contribution >= 0.6 is 11.3 Å². The van der Waals surface area contributed by atoms with Gasteiger partial charge in [-0.1, -0.05) is 11.8 Å². The minimum atomic E-state index is -0.116.